The maximum Gasteiger partial charge on any atom is 0.128 e. The molecule has 3 heteroatoms. The molecule has 0 unspecified atom stereocenters. The number of anilines is 1. The van der Waals surface area contributed by atoms with Crippen LogP contribution in [-0.2, 0) is 6.54 Å². The molecular weight excluding hydrogens is 198 g/mol. The van der Waals surface area contributed by atoms with Gasteiger partial charge in [-0.25, -0.2) is 4.98 Å². The van der Waals surface area contributed by atoms with E-state index in [4.69, 9.17) is 4.98 Å². The molecule has 16 heavy (non-hydrogen) atoms. The summed E-state index contributed by atoms with van der Waals surface area (Å²) in [6.45, 7) is 3.27. The third kappa shape index (κ3) is 2.35. The summed E-state index contributed by atoms with van der Waals surface area (Å²) in [6, 6.07) is 7.14. The lowest BCUT2D eigenvalue weighted by atomic mass is 10.3. The van der Waals surface area contributed by atoms with E-state index < -0.39 is 0 Å². The van der Waals surface area contributed by atoms with Crippen molar-refractivity contribution in [2.45, 2.75) is 38.3 Å². The zero-order chi connectivity index (χ0) is 10.8. The van der Waals surface area contributed by atoms with E-state index >= 15 is 0 Å². The molecule has 1 saturated carbocycles. The van der Waals surface area contributed by atoms with Gasteiger partial charge >= 0.3 is 0 Å². The van der Waals surface area contributed by atoms with Gasteiger partial charge in [-0.2, -0.15) is 0 Å². The quantitative estimate of drug-likeness (QED) is 0.835. The standard InChI is InChI=1S/C13H19N3/c1-2-9-16(8-1)13-5-3-4-12(15-13)10-14-11-6-7-11/h3-5,11,14H,1-2,6-10H2. The van der Waals surface area contributed by atoms with Crippen molar-refractivity contribution in [2.75, 3.05) is 18.0 Å². The van der Waals surface area contributed by atoms with Gasteiger partial charge in [0.1, 0.15) is 5.82 Å². The number of aromatic nitrogens is 1. The minimum absolute atomic E-state index is 0.761. The zero-order valence-electron chi connectivity index (χ0n) is 9.65. The lowest BCUT2D eigenvalue weighted by molar-refractivity contribution is 0.673. The Bertz CT molecular complexity index is 354. The fourth-order valence-corrected chi connectivity index (χ4v) is 2.22. The highest BCUT2D eigenvalue weighted by Crippen LogP contribution is 2.20. The summed E-state index contributed by atoms with van der Waals surface area (Å²) in [5.41, 5.74) is 1.18. The molecule has 1 aromatic heterocycles. The van der Waals surface area contributed by atoms with Crippen LogP contribution >= 0.6 is 0 Å². The van der Waals surface area contributed by atoms with Crippen LogP contribution in [-0.4, -0.2) is 24.1 Å². The second-order valence-electron chi connectivity index (χ2n) is 4.84. The third-order valence-electron chi connectivity index (χ3n) is 3.37. The predicted molar refractivity (Wildman–Crippen MR) is 65.5 cm³/mol. The number of pyridine rings is 1. The van der Waals surface area contributed by atoms with E-state index in [1.54, 1.807) is 0 Å². The molecular formula is C13H19N3. The highest BCUT2D eigenvalue weighted by atomic mass is 15.2. The Kier molecular flexibility index (Phi) is 2.79. The van der Waals surface area contributed by atoms with Crippen molar-refractivity contribution in [1.29, 1.82) is 0 Å². The van der Waals surface area contributed by atoms with E-state index in [9.17, 15) is 0 Å². The van der Waals surface area contributed by atoms with Crippen LogP contribution in [0.2, 0.25) is 0 Å². The van der Waals surface area contributed by atoms with Crippen LogP contribution in [0.15, 0.2) is 18.2 Å². The van der Waals surface area contributed by atoms with Crippen molar-refractivity contribution < 1.29 is 0 Å². The van der Waals surface area contributed by atoms with Gasteiger partial charge in [-0.15, -0.1) is 0 Å². The van der Waals surface area contributed by atoms with Crippen molar-refractivity contribution in [3.63, 3.8) is 0 Å². The van der Waals surface area contributed by atoms with Gasteiger partial charge in [0.25, 0.3) is 0 Å². The number of nitrogens with zero attached hydrogens (tertiary/aromatic N) is 2. The smallest absolute Gasteiger partial charge is 0.128 e. The zero-order valence-corrected chi connectivity index (χ0v) is 9.65. The first kappa shape index (κ1) is 10.1. The van der Waals surface area contributed by atoms with E-state index in [-0.39, 0.29) is 0 Å². The van der Waals surface area contributed by atoms with Crippen LogP contribution in [0.1, 0.15) is 31.4 Å². The first-order valence-corrected chi connectivity index (χ1v) is 6.36. The summed E-state index contributed by atoms with van der Waals surface area (Å²) in [7, 11) is 0. The van der Waals surface area contributed by atoms with Crippen molar-refractivity contribution >= 4 is 5.82 Å². The summed E-state index contributed by atoms with van der Waals surface area (Å²) in [6.07, 6.45) is 5.30. The molecule has 0 aromatic carbocycles. The first-order valence-electron chi connectivity index (χ1n) is 6.36. The average molecular weight is 217 g/mol. The molecule has 1 aliphatic carbocycles. The summed E-state index contributed by atoms with van der Waals surface area (Å²) in [4.78, 5) is 7.11. The second kappa shape index (κ2) is 4.42. The molecule has 3 rings (SSSR count). The van der Waals surface area contributed by atoms with E-state index in [1.807, 2.05) is 0 Å². The normalized spacial score (nSPS) is 20.4. The average Bonchev–Trinajstić information content (AvgIpc) is 2.99. The second-order valence-corrected chi connectivity index (χ2v) is 4.84. The molecule has 3 nitrogen and oxygen atoms in total. The molecule has 2 fully saturated rings. The van der Waals surface area contributed by atoms with Crippen LogP contribution in [0, 0.1) is 0 Å². The van der Waals surface area contributed by atoms with Crippen LogP contribution in [0.4, 0.5) is 5.82 Å². The lowest BCUT2D eigenvalue weighted by Gasteiger charge is -2.17. The monoisotopic (exact) mass is 217 g/mol. The van der Waals surface area contributed by atoms with Crippen molar-refractivity contribution in [2.24, 2.45) is 0 Å². The highest BCUT2D eigenvalue weighted by molar-refractivity contribution is 5.40. The van der Waals surface area contributed by atoms with Crippen LogP contribution in [0.5, 0.6) is 0 Å². The topological polar surface area (TPSA) is 28.2 Å². The Hall–Kier alpha value is -1.09. The molecule has 0 radical (unpaired) electrons. The molecule has 86 valence electrons. The Balaban J connectivity index is 1.65. The largest absolute Gasteiger partial charge is 0.357 e. The number of hydrogen-bond donors (Lipinski definition) is 1. The van der Waals surface area contributed by atoms with Crippen LogP contribution in [0.25, 0.3) is 0 Å². The van der Waals surface area contributed by atoms with Gasteiger partial charge in [0.2, 0.25) is 0 Å². The molecule has 1 N–H and O–H groups in total. The Labute approximate surface area is 96.9 Å². The molecule has 1 aromatic rings. The molecule has 2 heterocycles. The SMILES string of the molecule is c1cc(CNC2CC2)nc(N2CCCC2)c1. The highest BCUT2D eigenvalue weighted by Gasteiger charge is 2.20. The van der Waals surface area contributed by atoms with Gasteiger partial charge in [-0.3, -0.25) is 0 Å². The molecule has 0 spiro atoms. The van der Waals surface area contributed by atoms with Gasteiger partial charge in [0, 0.05) is 25.7 Å². The number of rotatable bonds is 4. The first-order chi connectivity index (χ1) is 7.92. The molecule has 0 bridgehead atoms. The van der Waals surface area contributed by atoms with Gasteiger partial charge in [0.15, 0.2) is 0 Å². The number of nitrogens with one attached hydrogen (secondary N) is 1. The Morgan fingerprint density at radius 1 is 1.25 bits per heavy atom. The Morgan fingerprint density at radius 3 is 2.81 bits per heavy atom. The summed E-state index contributed by atoms with van der Waals surface area (Å²) < 4.78 is 0. The van der Waals surface area contributed by atoms with E-state index in [1.165, 1.54) is 44.5 Å². The summed E-state index contributed by atoms with van der Waals surface area (Å²) >= 11 is 0. The summed E-state index contributed by atoms with van der Waals surface area (Å²) in [5.74, 6) is 1.16. The van der Waals surface area contributed by atoms with Crippen LogP contribution < -0.4 is 10.2 Å². The lowest BCUT2D eigenvalue weighted by Crippen LogP contribution is -2.21. The predicted octanol–water partition coefficient (Wildman–Crippen LogP) is 1.93. The molecule has 2 aliphatic rings. The van der Waals surface area contributed by atoms with Crippen molar-refractivity contribution in [1.82, 2.24) is 10.3 Å². The fourth-order valence-electron chi connectivity index (χ4n) is 2.22. The summed E-state index contributed by atoms with van der Waals surface area (Å²) in [5, 5.41) is 3.51. The van der Waals surface area contributed by atoms with Gasteiger partial charge in [-0.1, -0.05) is 6.07 Å². The molecule has 1 saturated heterocycles. The fraction of sp³-hybridized carbons (Fsp3) is 0.615. The maximum absolute atomic E-state index is 4.72. The molecule has 0 amide bonds. The minimum Gasteiger partial charge on any atom is -0.357 e. The van der Waals surface area contributed by atoms with E-state index in [2.05, 4.69) is 28.4 Å². The van der Waals surface area contributed by atoms with Crippen molar-refractivity contribution in [3.05, 3.63) is 23.9 Å². The van der Waals surface area contributed by atoms with Gasteiger partial charge in [-0.05, 0) is 37.8 Å². The number of hydrogen-bond acceptors (Lipinski definition) is 3. The van der Waals surface area contributed by atoms with E-state index in [0.29, 0.717) is 0 Å². The van der Waals surface area contributed by atoms with E-state index in [0.717, 1.165) is 18.4 Å². The maximum atomic E-state index is 4.72. The minimum atomic E-state index is 0.761. The van der Waals surface area contributed by atoms with Crippen LogP contribution in [0.3, 0.4) is 0 Å². The Morgan fingerprint density at radius 2 is 2.06 bits per heavy atom. The molecule has 0 atom stereocenters. The molecule has 1 aliphatic heterocycles. The van der Waals surface area contributed by atoms with Gasteiger partial charge < -0.3 is 10.2 Å². The van der Waals surface area contributed by atoms with Gasteiger partial charge in [0.05, 0.1) is 5.69 Å². The third-order valence-corrected chi connectivity index (χ3v) is 3.37. The van der Waals surface area contributed by atoms with Crippen molar-refractivity contribution in [3.8, 4) is 0 Å².